The minimum absolute atomic E-state index is 0.127. The van der Waals surface area contributed by atoms with Gasteiger partial charge in [-0.3, -0.25) is 0 Å². The highest BCUT2D eigenvalue weighted by molar-refractivity contribution is 5.76. The van der Waals surface area contributed by atoms with Gasteiger partial charge in [-0.1, -0.05) is 13.8 Å². The van der Waals surface area contributed by atoms with Gasteiger partial charge in [-0.05, 0) is 14.1 Å². The lowest BCUT2D eigenvalue weighted by Gasteiger charge is -2.21. The van der Waals surface area contributed by atoms with E-state index in [9.17, 15) is 4.79 Å². The van der Waals surface area contributed by atoms with Crippen LogP contribution >= 0.6 is 0 Å². The van der Waals surface area contributed by atoms with Gasteiger partial charge in [-0.25, -0.2) is 4.79 Å². The summed E-state index contributed by atoms with van der Waals surface area (Å²) in [7, 11) is 7.75. The number of hydrogen-bond donors (Lipinski definition) is 0. The summed E-state index contributed by atoms with van der Waals surface area (Å²) in [5, 5.41) is 0. The van der Waals surface area contributed by atoms with Crippen molar-refractivity contribution in [1.82, 2.24) is 14.7 Å². The summed E-state index contributed by atoms with van der Waals surface area (Å²) in [5.74, 6) is 0. The second-order valence-corrected chi connectivity index (χ2v) is 3.69. The zero-order valence-corrected chi connectivity index (χ0v) is 10.2. The molecule has 1 heterocycles. The van der Waals surface area contributed by atoms with Gasteiger partial charge < -0.3 is 14.7 Å². The third kappa shape index (κ3) is 3.18. The fraction of sp³-hybridized carbons (Fsp3) is 0.900. The predicted molar refractivity (Wildman–Crippen MR) is 59.5 cm³/mol. The second kappa shape index (κ2) is 5.86. The van der Waals surface area contributed by atoms with Crippen LogP contribution in [0.4, 0.5) is 4.79 Å². The van der Waals surface area contributed by atoms with E-state index in [1.165, 1.54) is 0 Å². The zero-order chi connectivity index (χ0) is 11.3. The van der Waals surface area contributed by atoms with Gasteiger partial charge in [0.05, 0.1) is 6.04 Å². The van der Waals surface area contributed by atoms with Crippen molar-refractivity contribution < 1.29 is 4.79 Å². The molecule has 0 aromatic carbocycles. The molecule has 1 rings (SSSR count). The van der Waals surface area contributed by atoms with Crippen LogP contribution in [0.15, 0.2) is 0 Å². The van der Waals surface area contributed by atoms with Crippen LogP contribution in [0.1, 0.15) is 13.8 Å². The number of hydrogen-bond acceptors (Lipinski definition) is 2. The molecule has 0 bridgehead atoms. The van der Waals surface area contributed by atoms with Crippen LogP contribution in [0.25, 0.3) is 0 Å². The van der Waals surface area contributed by atoms with Gasteiger partial charge in [0, 0.05) is 27.2 Å². The topological polar surface area (TPSA) is 26.8 Å². The number of likely N-dealkylation sites (N-methyl/N-ethyl adjacent to an activating group) is 3. The Kier molecular flexibility index (Phi) is 5.53. The molecule has 4 nitrogen and oxygen atoms in total. The van der Waals surface area contributed by atoms with Gasteiger partial charge >= 0.3 is 6.03 Å². The van der Waals surface area contributed by atoms with Crippen molar-refractivity contribution in [3.63, 3.8) is 0 Å². The lowest BCUT2D eigenvalue weighted by atomic mass is 10.3. The normalized spacial score (nSPS) is 21.4. The number of urea groups is 1. The third-order valence-corrected chi connectivity index (χ3v) is 2.24. The monoisotopic (exact) mass is 201 g/mol. The summed E-state index contributed by atoms with van der Waals surface area (Å²) in [6.45, 7) is 5.78. The summed E-state index contributed by atoms with van der Waals surface area (Å²) in [6.07, 6.45) is 0. The van der Waals surface area contributed by atoms with Gasteiger partial charge in [0.25, 0.3) is 0 Å². The minimum atomic E-state index is 0.127. The Morgan fingerprint density at radius 1 is 1.36 bits per heavy atom. The molecule has 84 valence electrons. The average molecular weight is 201 g/mol. The maximum absolute atomic E-state index is 11.3. The van der Waals surface area contributed by atoms with Gasteiger partial charge in [0.1, 0.15) is 0 Å². The number of rotatable bonds is 2. The maximum atomic E-state index is 11.3. The quantitative estimate of drug-likeness (QED) is 0.665. The molecule has 0 saturated carbocycles. The molecule has 0 aliphatic carbocycles. The summed E-state index contributed by atoms with van der Waals surface area (Å²) >= 11 is 0. The third-order valence-electron chi connectivity index (χ3n) is 2.24. The molecule has 0 aromatic heterocycles. The minimum Gasteiger partial charge on any atom is -0.326 e. The van der Waals surface area contributed by atoms with E-state index in [1.54, 1.807) is 9.80 Å². The number of amides is 2. The van der Waals surface area contributed by atoms with Crippen molar-refractivity contribution in [1.29, 1.82) is 0 Å². The van der Waals surface area contributed by atoms with Crippen LogP contribution < -0.4 is 0 Å². The fourth-order valence-corrected chi connectivity index (χ4v) is 1.54. The van der Waals surface area contributed by atoms with Crippen molar-refractivity contribution in [2.45, 2.75) is 19.9 Å². The Hall–Kier alpha value is -0.770. The Bertz CT molecular complexity index is 182. The van der Waals surface area contributed by atoms with E-state index in [0.717, 1.165) is 13.1 Å². The van der Waals surface area contributed by atoms with Gasteiger partial charge in [-0.2, -0.15) is 0 Å². The Balaban J connectivity index is 0.000000791. The van der Waals surface area contributed by atoms with E-state index in [1.807, 2.05) is 42.0 Å². The van der Waals surface area contributed by atoms with E-state index in [0.29, 0.717) is 6.04 Å². The van der Waals surface area contributed by atoms with Gasteiger partial charge in [0.2, 0.25) is 0 Å². The van der Waals surface area contributed by atoms with Crippen molar-refractivity contribution in [2.24, 2.45) is 0 Å². The molecule has 4 heteroatoms. The molecule has 14 heavy (non-hydrogen) atoms. The fourth-order valence-electron chi connectivity index (χ4n) is 1.54. The second-order valence-electron chi connectivity index (χ2n) is 3.69. The lowest BCUT2D eigenvalue weighted by molar-refractivity contribution is 0.196. The van der Waals surface area contributed by atoms with Crippen LogP contribution in [0.3, 0.4) is 0 Å². The smallest absolute Gasteiger partial charge is 0.319 e. The molecular formula is C10H23N3O. The zero-order valence-electron chi connectivity index (χ0n) is 10.2. The van der Waals surface area contributed by atoms with Crippen molar-refractivity contribution in [3.8, 4) is 0 Å². The van der Waals surface area contributed by atoms with E-state index < -0.39 is 0 Å². The van der Waals surface area contributed by atoms with Crippen LogP contribution in [-0.2, 0) is 0 Å². The van der Waals surface area contributed by atoms with E-state index >= 15 is 0 Å². The maximum Gasteiger partial charge on any atom is 0.319 e. The molecule has 0 unspecified atom stereocenters. The molecule has 0 N–H and O–H groups in total. The number of carbonyl (C=O) groups is 1. The highest BCUT2D eigenvalue weighted by Gasteiger charge is 2.31. The van der Waals surface area contributed by atoms with E-state index in [4.69, 9.17) is 0 Å². The molecule has 0 spiro atoms. The molecule has 2 amide bonds. The lowest BCUT2D eigenvalue weighted by Crippen LogP contribution is -2.37. The van der Waals surface area contributed by atoms with Crippen LogP contribution in [0.2, 0.25) is 0 Å². The first-order valence-electron chi connectivity index (χ1n) is 5.15. The molecule has 1 aliphatic heterocycles. The highest BCUT2D eigenvalue weighted by Crippen LogP contribution is 2.11. The van der Waals surface area contributed by atoms with E-state index in [2.05, 4.69) is 4.90 Å². The summed E-state index contributed by atoms with van der Waals surface area (Å²) < 4.78 is 0. The molecule has 1 aliphatic rings. The number of carbonyl (C=O) groups excluding carboxylic acids is 1. The van der Waals surface area contributed by atoms with Gasteiger partial charge in [-0.15, -0.1) is 0 Å². The van der Waals surface area contributed by atoms with Crippen molar-refractivity contribution in [3.05, 3.63) is 0 Å². The summed E-state index contributed by atoms with van der Waals surface area (Å²) in [4.78, 5) is 17.0. The average Bonchev–Trinajstić information content (AvgIpc) is 2.36. The summed E-state index contributed by atoms with van der Waals surface area (Å²) in [6, 6.07) is 0.472. The van der Waals surface area contributed by atoms with Crippen LogP contribution in [0.5, 0.6) is 0 Å². The van der Waals surface area contributed by atoms with Crippen molar-refractivity contribution in [2.75, 3.05) is 41.3 Å². The van der Waals surface area contributed by atoms with Crippen LogP contribution in [0, 0.1) is 0 Å². The molecule has 1 atom stereocenters. The molecular weight excluding hydrogens is 178 g/mol. The highest BCUT2D eigenvalue weighted by atomic mass is 16.2. The predicted octanol–water partition coefficient (Wildman–Crippen LogP) is 0.940. The molecule has 1 fully saturated rings. The Morgan fingerprint density at radius 2 is 1.86 bits per heavy atom. The largest absolute Gasteiger partial charge is 0.326 e. The summed E-state index contributed by atoms with van der Waals surface area (Å²) in [5.41, 5.74) is 0. The molecule has 0 aromatic rings. The standard InChI is InChI=1S/C8H17N3O.C2H6/c1-9(2)5-7-6-10(3)8(12)11(7)4;1-2/h7H,5-6H2,1-4H3;1-2H3/t7-;/m0./s1. The first-order chi connectivity index (χ1) is 6.52. The van der Waals surface area contributed by atoms with Gasteiger partial charge in [0.15, 0.2) is 0 Å². The Labute approximate surface area is 87.5 Å². The first-order valence-corrected chi connectivity index (χ1v) is 5.15. The molecule has 0 radical (unpaired) electrons. The van der Waals surface area contributed by atoms with Crippen LogP contribution in [-0.4, -0.2) is 68.1 Å². The van der Waals surface area contributed by atoms with E-state index in [-0.39, 0.29) is 6.03 Å². The number of nitrogens with zero attached hydrogens (tertiary/aromatic N) is 3. The molecule has 1 saturated heterocycles. The first kappa shape index (κ1) is 13.2. The van der Waals surface area contributed by atoms with Crippen molar-refractivity contribution >= 4 is 6.03 Å². The SMILES string of the molecule is CC.CN(C)C[C@H]1CN(C)C(=O)N1C. The Morgan fingerprint density at radius 3 is 2.14 bits per heavy atom.